The summed E-state index contributed by atoms with van der Waals surface area (Å²) in [4.78, 5) is 4.23. The second-order valence-corrected chi connectivity index (χ2v) is 5.78. The summed E-state index contributed by atoms with van der Waals surface area (Å²) in [5.41, 5.74) is 1.16. The van der Waals surface area contributed by atoms with Crippen molar-refractivity contribution in [3.05, 3.63) is 30.3 Å². The molecule has 6 heteroatoms. The molecule has 2 rings (SSSR count). The average molecular weight is 334 g/mol. The number of guanidine groups is 1. The van der Waals surface area contributed by atoms with Gasteiger partial charge in [0.1, 0.15) is 0 Å². The van der Waals surface area contributed by atoms with Gasteiger partial charge in [0.25, 0.3) is 0 Å². The molecule has 3 N–H and O–H groups in total. The van der Waals surface area contributed by atoms with Crippen molar-refractivity contribution in [3.63, 3.8) is 0 Å². The van der Waals surface area contributed by atoms with Crippen molar-refractivity contribution >= 4 is 11.6 Å². The molecular weight excluding hydrogens is 304 g/mol. The van der Waals surface area contributed by atoms with Crippen LogP contribution in [0.15, 0.2) is 35.3 Å². The highest BCUT2D eigenvalue weighted by atomic mass is 16.5. The summed E-state index contributed by atoms with van der Waals surface area (Å²) in [6.07, 6.45) is 3.31. The maximum Gasteiger partial charge on any atom is 0.190 e. The Labute approximate surface area is 145 Å². The van der Waals surface area contributed by atoms with Crippen LogP contribution in [0.1, 0.15) is 19.3 Å². The lowest BCUT2D eigenvalue weighted by Gasteiger charge is -2.13. The first kappa shape index (κ1) is 18.5. The van der Waals surface area contributed by atoms with Crippen molar-refractivity contribution in [1.82, 2.24) is 10.6 Å². The second kappa shape index (κ2) is 11.7. The SMILES string of the molecule is CN=C(NCCCNc1ccccc1)NCCCOC1CCOC1. The quantitative estimate of drug-likeness (QED) is 0.346. The summed E-state index contributed by atoms with van der Waals surface area (Å²) in [5, 5.41) is 10.0. The van der Waals surface area contributed by atoms with E-state index in [2.05, 4.69) is 33.1 Å². The lowest BCUT2D eigenvalue weighted by molar-refractivity contribution is 0.0420. The average Bonchev–Trinajstić information content (AvgIpc) is 3.14. The minimum absolute atomic E-state index is 0.291. The van der Waals surface area contributed by atoms with Crippen LogP contribution in [0.25, 0.3) is 0 Å². The molecule has 0 radical (unpaired) electrons. The van der Waals surface area contributed by atoms with Crippen molar-refractivity contribution in [1.29, 1.82) is 0 Å². The molecule has 1 unspecified atom stereocenters. The molecule has 1 aliphatic heterocycles. The Morgan fingerprint density at radius 1 is 1.17 bits per heavy atom. The van der Waals surface area contributed by atoms with Crippen LogP contribution in [0, 0.1) is 0 Å². The van der Waals surface area contributed by atoms with Gasteiger partial charge in [-0.15, -0.1) is 0 Å². The molecule has 1 aliphatic rings. The zero-order chi connectivity index (χ0) is 16.9. The van der Waals surface area contributed by atoms with E-state index in [9.17, 15) is 0 Å². The van der Waals surface area contributed by atoms with Gasteiger partial charge in [0.2, 0.25) is 0 Å². The lowest BCUT2D eigenvalue weighted by Crippen LogP contribution is -2.39. The summed E-state index contributed by atoms with van der Waals surface area (Å²) in [6.45, 7) is 5.02. The van der Waals surface area contributed by atoms with Gasteiger partial charge in [-0.2, -0.15) is 0 Å². The minimum atomic E-state index is 0.291. The van der Waals surface area contributed by atoms with Gasteiger partial charge >= 0.3 is 0 Å². The highest BCUT2D eigenvalue weighted by Gasteiger charge is 2.15. The Kier molecular flexibility index (Phi) is 9.04. The largest absolute Gasteiger partial charge is 0.385 e. The normalized spacial score (nSPS) is 17.7. The standard InChI is InChI=1S/C18H30N4O2/c1-19-18(22-12-6-13-24-17-9-14-23-15-17)21-11-5-10-20-16-7-3-2-4-8-16/h2-4,7-8,17,20H,5-6,9-15H2,1H3,(H2,19,21,22). The molecule has 1 saturated heterocycles. The fourth-order valence-electron chi connectivity index (χ4n) is 2.48. The van der Waals surface area contributed by atoms with Gasteiger partial charge < -0.3 is 25.4 Å². The van der Waals surface area contributed by atoms with Crippen LogP contribution >= 0.6 is 0 Å². The molecule has 1 aromatic carbocycles. The predicted octanol–water partition coefficient (Wildman–Crippen LogP) is 1.85. The van der Waals surface area contributed by atoms with Gasteiger partial charge in [0, 0.05) is 45.6 Å². The maximum atomic E-state index is 5.74. The number of hydrogen-bond acceptors (Lipinski definition) is 4. The van der Waals surface area contributed by atoms with E-state index in [4.69, 9.17) is 9.47 Å². The van der Waals surface area contributed by atoms with Crippen LogP contribution in [-0.4, -0.2) is 58.6 Å². The van der Waals surface area contributed by atoms with Crippen molar-refractivity contribution in [2.45, 2.75) is 25.4 Å². The number of benzene rings is 1. The third-order valence-electron chi connectivity index (χ3n) is 3.83. The zero-order valence-corrected chi connectivity index (χ0v) is 14.6. The molecule has 0 aromatic heterocycles. The van der Waals surface area contributed by atoms with Gasteiger partial charge in [-0.05, 0) is 31.4 Å². The third-order valence-corrected chi connectivity index (χ3v) is 3.83. The van der Waals surface area contributed by atoms with Crippen LogP contribution in [0.4, 0.5) is 5.69 Å². The molecule has 1 heterocycles. The molecule has 24 heavy (non-hydrogen) atoms. The van der Waals surface area contributed by atoms with Gasteiger partial charge in [0.15, 0.2) is 5.96 Å². The Morgan fingerprint density at radius 3 is 2.67 bits per heavy atom. The zero-order valence-electron chi connectivity index (χ0n) is 14.6. The Bertz CT molecular complexity index is 461. The van der Waals surface area contributed by atoms with E-state index < -0.39 is 0 Å². The second-order valence-electron chi connectivity index (χ2n) is 5.78. The number of para-hydroxylation sites is 1. The molecule has 1 aromatic rings. The first-order valence-corrected chi connectivity index (χ1v) is 8.81. The van der Waals surface area contributed by atoms with Crippen molar-refractivity contribution in [2.24, 2.45) is 4.99 Å². The number of ether oxygens (including phenoxy) is 2. The number of aliphatic imine (C=N–C) groups is 1. The predicted molar refractivity (Wildman–Crippen MR) is 98.7 cm³/mol. The topological polar surface area (TPSA) is 66.9 Å². The smallest absolute Gasteiger partial charge is 0.190 e. The number of rotatable bonds is 10. The molecule has 0 bridgehead atoms. The first-order valence-electron chi connectivity index (χ1n) is 8.81. The van der Waals surface area contributed by atoms with Gasteiger partial charge in [0.05, 0.1) is 12.7 Å². The summed E-state index contributed by atoms with van der Waals surface area (Å²) in [6, 6.07) is 10.3. The molecule has 0 aliphatic carbocycles. The van der Waals surface area contributed by atoms with E-state index in [-0.39, 0.29) is 0 Å². The summed E-state index contributed by atoms with van der Waals surface area (Å²) < 4.78 is 11.0. The number of nitrogens with zero attached hydrogens (tertiary/aromatic N) is 1. The van der Waals surface area contributed by atoms with Crippen molar-refractivity contribution in [3.8, 4) is 0 Å². The Hall–Kier alpha value is -1.79. The van der Waals surface area contributed by atoms with Crippen LogP contribution < -0.4 is 16.0 Å². The Balaban J connectivity index is 1.45. The van der Waals surface area contributed by atoms with Gasteiger partial charge in [-0.1, -0.05) is 18.2 Å². The monoisotopic (exact) mass is 334 g/mol. The third kappa shape index (κ3) is 7.66. The molecule has 0 spiro atoms. The minimum Gasteiger partial charge on any atom is -0.385 e. The van der Waals surface area contributed by atoms with Crippen molar-refractivity contribution < 1.29 is 9.47 Å². The summed E-state index contributed by atoms with van der Waals surface area (Å²) in [7, 11) is 1.80. The lowest BCUT2D eigenvalue weighted by atomic mass is 10.3. The molecule has 6 nitrogen and oxygen atoms in total. The van der Waals surface area contributed by atoms with Crippen LogP contribution in [0.5, 0.6) is 0 Å². The highest BCUT2D eigenvalue weighted by Crippen LogP contribution is 2.07. The van der Waals surface area contributed by atoms with E-state index >= 15 is 0 Å². The molecule has 0 saturated carbocycles. The van der Waals surface area contributed by atoms with Crippen LogP contribution in [0.2, 0.25) is 0 Å². The van der Waals surface area contributed by atoms with Gasteiger partial charge in [-0.3, -0.25) is 4.99 Å². The first-order chi connectivity index (χ1) is 11.9. The summed E-state index contributed by atoms with van der Waals surface area (Å²) in [5.74, 6) is 0.846. The van der Waals surface area contributed by atoms with E-state index in [0.717, 1.165) is 70.4 Å². The highest BCUT2D eigenvalue weighted by molar-refractivity contribution is 5.79. The molecule has 1 atom stereocenters. The molecule has 0 amide bonds. The number of anilines is 1. The van der Waals surface area contributed by atoms with E-state index in [1.54, 1.807) is 7.05 Å². The molecular formula is C18H30N4O2. The number of hydrogen-bond donors (Lipinski definition) is 3. The van der Waals surface area contributed by atoms with E-state index in [0.29, 0.717) is 6.10 Å². The molecule has 1 fully saturated rings. The van der Waals surface area contributed by atoms with E-state index in [1.165, 1.54) is 0 Å². The summed E-state index contributed by atoms with van der Waals surface area (Å²) >= 11 is 0. The van der Waals surface area contributed by atoms with Gasteiger partial charge in [-0.25, -0.2) is 0 Å². The fourth-order valence-corrected chi connectivity index (χ4v) is 2.48. The number of nitrogens with one attached hydrogen (secondary N) is 3. The maximum absolute atomic E-state index is 5.74. The van der Waals surface area contributed by atoms with Crippen LogP contribution in [-0.2, 0) is 9.47 Å². The Morgan fingerprint density at radius 2 is 1.96 bits per heavy atom. The van der Waals surface area contributed by atoms with E-state index in [1.807, 2.05) is 18.2 Å². The fraction of sp³-hybridized carbons (Fsp3) is 0.611. The van der Waals surface area contributed by atoms with Crippen molar-refractivity contribution in [2.75, 3.05) is 51.8 Å². The molecule has 134 valence electrons. The van der Waals surface area contributed by atoms with Crippen LogP contribution in [0.3, 0.4) is 0 Å².